The number of ether oxygens (including phenoxy) is 2. The minimum atomic E-state index is -1.41. The summed E-state index contributed by atoms with van der Waals surface area (Å²) in [7, 11) is 0. The van der Waals surface area contributed by atoms with Crippen molar-refractivity contribution in [3.05, 3.63) is 0 Å². The number of carbonyl (C=O) groups is 2. The zero-order chi connectivity index (χ0) is 26.3. The van der Waals surface area contributed by atoms with Crippen molar-refractivity contribution in [2.75, 3.05) is 0 Å². The summed E-state index contributed by atoms with van der Waals surface area (Å²) < 4.78 is 11.9. The van der Waals surface area contributed by atoms with Gasteiger partial charge in [0.05, 0.1) is 0 Å². The fraction of sp³-hybridized carbons (Fsp3) is 0.923. The molecule has 2 aliphatic rings. The van der Waals surface area contributed by atoms with E-state index in [1.807, 2.05) is 62.3 Å². The van der Waals surface area contributed by atoms with E-state index in [9.17, 15) is 20.0 Å². The summed E-state index contributed by atoms with van der Waals surface area (Å²) in [6.45, 7) is 18.9. The average Bonchev–Trinajstić information content (AvgIpc) is 2.67. The lowest BCUT2D eigenvalue weighted by atomic mass is 9.79. The third-order valence-corrected chi connectivity index (χ3v) is 7.68. The van der Waals surface area contributed by atoms with Crippen LogP contribution in [-0.2, 0) is 19.1 Å². The molecule has 0 aromatic carbocycles. The van der Waals surface area contributed by atoms with Crippen LogP contribution in [0.2, 0.25) is 0 Å². The van der Waals surface area contributed by atoms with Gasteiger partial charge >= 0.3 is 11.9 Å². The first-order chi connectivity index (χ1) is 15.3. The van der Waals surface area contributed by atoms with Crippen LogP contribution in [0.5, 0.6) is 0 Å². The summed E-state index contributed by atoms with van der Waals surface area (Å²) in [5.74, 6) is -1.13. The van der Waals surface area contributed by atoms with Crippen LogP contribution < -0.4 is 0 Å². The Labute approximate surface area is 205 Å². The molecule has 0 amide bonds. The van der Waals surface area contributed by atoms with Gasteiger partial charge in [0, 0.05) is 47.8 Å². The number of rotatable bonds is 7. The zero-order valence-electron chi connectivity index (χ0n) is 23.0. The van der Waals surface area contributed by atoms with Gasteiger partial charge in [-0.2, -0.15) is 10.1 Å². The molecule has 2 N–H and O–H groups in total. The Kier molecular flexibility index (Phi) is 8.26. The Morgan fingerprint density at radius 1 is 0.765 bits per heavy atom. The van der Waals surface area contributed by atoms with Gasteiger partial charge in [0.25, 0.3) is 0 Å². The number of nitrogens with zero attached hydrogens (tertiary/aromatic N) is 2. The van der Waals surface area contributed by atoms with Crippen molar-refractivity contribution in [1.82, 2.24) is 10.1 Å². The molecule has 2 fully saturated rings. The second kappa shape index (κ2) is 9.68. The predicted molar refractivity (Wildman–Crippen MR) is 129 cm³/mol. The summed E-state index contributed by atoms with van der Waals surface area (Å²) in [6, 6.07) is 0. The molecule has 0 spiro atoms. The van der Waals surface area contributed by atoms with E-state index < -0.39 is 51.7 Å². The quantitative estimate of drug-likeness (QED) is 0.381. The molecule has 0 unspecified atom stereocenters. The fourth-order valence-electron chi connectivity index (χ4n) is 5.90. The molecule has 0 bridgehead atoms. The highest BCUT2D eigenvalue weighted by atomic mass is 16.6. The molecule has 8 nitrogen and oxygen atoms in total. The maximum absolute atomic E-state index is 13.5. The van der Waals surface area contributed by atoms with Crippen LogP contribution in [0, 0.1) is 5.41 Å². The summed E-state index contributed by atoms with van der Waals surface area (Å²) in [5, 5.41) is 23.8. The average molecular weight is 485 g/mol. The number of carbonyl (C=O) groups excluding carboxylic acids is 2. The van der Waals surface area contributed by atoms with Crippen LogP contribution in [0.4, 0.5) is 0 Å². The molecule has 0 aliphatic carbocycles. The van der Waals surface area contributed by atoms with Crippen molar-refractivity contribution >= 4 is 11.9 Å². The van der Waals surface area contributed by atoms with Crippen LogP contribution in [0.25, 0.3) is 0 Å². The van der Waals surface area contributed by atoms with Crippen LogP contribution in [0.3, 0.4) is 0 Å². The third-order valence-electron chi connectivity index (χ3n) is 7.68. The molecular formula is C26H48N2O6. The lowest BCUT2D eigenvalue weighted by molar-refractivity contribution is -0.262. The van der Waals surface area contributed by atoms with Crippen LogP contribution in [0.1, 0.15) is 114 Å². The highest BCUT2D eigenvalue weighted by molar-refractivity contribution is 5.99. The van der Waals surface area contributed by atoms with Gasteiger partial charge in [-0.05, 0) is 68.7 Å². The molecule has 198 valence electrons. The van der Waals surface area contributed by atoms with Crippen molar-refractivity contribution in [2.24, 2.45) is 5.41 Å². The van der Waals surface area contributed by atoms with E-state index in [1.54, 1.807) is 6.92 Å². The molecule has 0 aromatic rings. The van der Waals surface area contributed by atoms with Crippen LogP contribution in [0.15, 0.2) is 0 Å². The molecule has 0 saturated carbocycles. The minimum absolute atomic E-state index is 0.346. The molecule has 2 rings (SSSR count). The summed E-state index contributed by atoms with van der Waals surface area (Å²) in [6.07, 6.45) is 2.92. The molecule has 2 aliphatic heterocycles. The second-order valence-corrected chi connectivity index (χ2v) is 13.2. The molecule has 2 heterocycles. The highest BCUT2D eigenvalue weighted by Gasteiger charge is 2.52. The molecule has 0 radical (unpaired) electrons. The van der Waals surface area contributed by atoms with E-state index in [0.29, 0.717) is 38.5 Å². The first kappa shape index (κ1) is 29.0. The Morgan fingerprint density at radius 2 is 1.06 bits per heavy atom. The first-order valence-corrected chi connectivity index (χ1v) is 12.7. The number of hydroxylamine groups is 4. The van der Waals surface area contributed by atoms with Gasteiger partial charge in [0.15, 0.2) is 5.41 Å². The Bertz CT molecular complexity index is 668. The zero-order valence-corrected chi connectivity index (χ0v) is 23.0. The molecule has 34 heavy (non-hydrogen) atoms. The summed E-state index contributed by atoms with van der Waals surface area (Å²) in [4.78, 5) is 27.0. The molecule has 0 atom stereocenters. The van der Waals surface area contributed by atoms with E-state index >= 15 is 0 Å². The Hall–Kier alpha value is -1.22. The number of hydrogen-bond acceptors (Lipinski definition) is 8. The van der Waals surface area contributed by atoms with Crippen molar-refractivity contribution in [3.63, 3.8) is 0 Å². The molecule has 2 saturated heterocycles. The van der Waals surface area contributed by atoms with Gasteiger partial charge < -0.3 is 19.9 Å². The van der Waals surface area contributed by atoms with Gasteiger partial charge in [-0.1, -0.05) is 19.8 Å². The normalized spacial score (nSPS) is 25.6. The maximum Gasteiger partial charge on any atom is 0.323 e. The van der Waals surface area contributed by atoms with Gasteiger partial charge in [0.1, 0.15) is 12.2 Å². The van der Waals surface area contributed by atoms with Crippen LogP contribution >= 0.6 is 0 Å². The fourth-order valence-corrected chi connectivity index (χ4v) is 5.90. The number of piperidine rings is 2. The van der Waals surface area contributed by atoms with Gasteiger partial charge in [-0.15, -0.1) is 0 Å². The van der Waals surface area contributed by atoms with E-state index in [2.05, 4.69) is 0 Å². The monoisotopic (exact) mass is 484 g/mol. The van der Waals surface area contributed by atoms with Gasteiger partial charge in [-0.25, -0.2) is 0 Å². The number of esters is 2. The van der Waals surface area contributed by atoms with E-state index in [1.165, 1.54) is 10.1 Å². The maximum atomic E-state index is 13.5. The summed E-state index contributed by atoms with van der Waals surface area (Å²) >= 11 is 0. The standard InChI is InChI=1S/C26H48N2O6/c1-11-12-13-26(10,20(29)33-18-14-22(2,3)27(31)23(4,5)15-18)21(30)34-19-16-24(6,7)28(32)25(8,9)17-19/h18-19,31-32H,11-17H2,1-10H3. The Morgan fingerprint density at radius 3 is 1.32 bits per heavy atom. The molecule has 0 aromatic heterocycles. The van der Waals surface area contributed by atoms with Gasteiger partial charge in [-0.3, -0.25) is 9.59 Å². The largest absolute Gasteiger partial charge is 0.461 e. The minimum Gasteiger partial charge on any atom is -0.461 e. The number of unbranched alkanes of at least 4 members (excludes halogenated alkanes) is 1. The topological polar surface area (TPSA) is 99.5 Å². The van der Waals surface area contributed by atoms with Crippen LogP contribution in [-0.4, -0.2) is 66.8 Å². The van der Waals surface area contributed by atoms with Gasteiger partial charge in [0.2, 0.25) is 0 Å². The summed E-state index contributed by atoms with van der Waals surface area (Å²) in [5.41, 5.74) is -3.68. The second-order valence-electron chi connectivity index (χ2n) is 13.2. The van der Waals surface area contributed by atoms with Crippen molar-refractivity contribution in [3.8, 4) is 0 Å². The lowest BCUT2D eigenvalue weighted by Gasteiger charge is -2.51. The van der Waals surface area contributed by atoms with Crippen molar-refractivity contribution in [2.45, 2.75) is 149 Å². The lowest BCUT2D eigenvalue weighted by Crippen LogP contribution is -2.61. The number of hydrogen-bond donors (Lipinski definition) is 2. The van der Waals surface area contributed by atoms with E-state index in [0.717, 1.165) is 6.42 Å². The van der Waals surface area contributed by atoms with Crippen molar-refractivity contribution in [1.29, 1.82) is 0 Å². The predicted octanol–water partition coefficient (Wildman–Crippen LogP) is 5.09. The smallest absolute Gasteiger partial charge is 0.323 e. The SMILES string of the molecule is CCCCC(C)(C(=O)OC1CC(C)(C)N(O)C(C)(C)C1)C(=O)OC1CC(C)(C)N(O)C(C)(C)C1. The van der Waals surface area contributed by atoms with Crippen molar-refractivity contribution < 1.29 is 29.5 Å². The van der Waals surface area contributed by atoms with E-state index in [-0.39, 0.29) is 0 Å². The molecular weight excluding hydrogens is 436 g/mol. The highest BCUT2D eigenvalue weighted by Crippen LogP contribution is 2.41. The van der Waals surface area contributed by atoms with E-state index in [4.69, 9.17) is 9.47 Å². The molecule has 8 heteroatoms. The Balaban J connectivity index is 2.21. The first-order valence-electron chi connectivity index (χ1n) is 12.7. The third kappa shape index (κ3) is 5.94.